The summed E-state index contributed by atoms with van der Waals surface area (Å²) in [7, 11) is 0. The van der Waals surface area contributed by atoms with E-state index in [9.17, 15) is 9.59 Å². The average Bonchev–Trinajstić information content (AvgIpc) is 2.68. The van der Waals surface area contributed by atoms with E-state index >= 15 is 0 Å². The van der Waals surface area contributed by atoms with Crippen LogP contribution in [0.2, 0.25) is 0 Å². The van der Waals surface area contributed by atoms with Crippen LogP contribution in [-0.2, 0) is 4.79 Å². The van der Waals surface area contributed by atoms with Crippen LogP contribution >= 0.6 is 0 Å². The van der Waals surface area contributed by atoms with Gasteiger partial charge in [-0.3, -0.25) is 10.2 Å². The smallest absolute Gasteiger partial charge is 0.317 e. The number of nitrogens with zero attached hydrogens (tertiary/aromatic N) is 2. The van der Waals surface area contributed by atoms with Crippen molar-refractivity contribution in [3.05, 3.63) is 29.8 Å². The molecule has 1 aliphatic carbocycles. The molecule has 0 spiro atoms. The number of nitrogens with one attached hydrogen (secondary N) is 2. The van der Waals surface area contributed by atoms with Gasteiger partial charge in [0.1, 0.15) is 5.84 Å². The Balaban J connectivity index is 1.45. The molecule has 0 aromatic heterocycles. The number of carboxylic acid groups (broad SMARTS) is 1. The SMILES string of the molecule is N=C(N)c1ccc(N2CCN(C(=O)N[C@H]3CC[C@H](C(=O)O)CC3)CC2)cc1. The van der Waals surface area contributed by atoms with Gasteiger partial charge in [0.2, 0.25) is 0 Å². The molecule has 0 bridgehead atoms. The van der Waals surface area contributed by atoms with E-state index in [1.54, 1.807) is 0 Å². The van der Waals surface area contributed by atoms with E-state index in [4.69, 9.17) is 16.2 Å². The molecular formula is C19H27N5O3. The third kappa shape index (κ3) is 4.69. The van der Waals surface area contributed by atoms with Crippen molar-refractivity contribution in [2.24, 2.45) is 11.7 Å². The highest BCUT2D eigenvalue weighted by atomic mass is 16.4. The molecule has 2 amide bonds. The van der Waals surface area contributed by atoms with Crippen molar-refractivity contribution >= 4 is 23.5 Å². The molecule has 146 valence electrons. The molecule has 2 fully saturated rings. The normalized spacial score (nSPS) is 23.0. The average molecular weight is 373 g/mol. The van der Waals surface area contributed by atoms with Gasteiger partial charge >= 0.3 is 12.0 Å². The monoisotopic (exact) mass is 373 g/mol. The second-order valence-electron chi connectivity index (χ2n) is 7.27. The van der Waals surface area contributed by atoms with E-state index in [1.807, 2.05) is 29.2 Å². The van der Waals surface area contributed by atoms with E-state index < -0.39 is 5.97 Å². The predicted octanol–water partition coefficient (Wildman–Crippen LogP) is 1.45. The van der Waals surface area contributed by atoms with E-state index in [0.717, 1.165) is 31.6 Å². The zero-order chi connectivity index (χ0) is 19.4. The number of aliphatic carboxylic acids is 1. The van der Waals surface area contributed by atoms with Gasteiger partial charge in [-0.15, -0.1) is 0 Å². The number of nitrogen functional groups attached to an aromatic ring is 1. The summed E-state index contributed by atoms with van der Waals surface area (Å²) in [6.07, 6.45) is 2.71. The lowest BCUT2D eigenvalue weighted by molar-refractivity contribution is -0.142. The highest BCUT2D eigenvalue weighted by Crippen LogP contribution is 2.24. The number of rotatable bonds is 4. The Morgan fingerprint density at radius 3 is 2.15 bits per heavy atom. The fraction of sp³-hybridized carbons (Fsp3) is 0.526. The van der Waals surface area contributed by atoms with E-state index in [0.29, 0.717) is 31.5 Å². The number of carboxylic acids is 1. The van der Waals surface area contributed by atoms with E-state index in [1.165, 1.54) is 0 Å². The standard InChI is InChI=1S/C19H27N5O3/c20-17(21)13-3-7-16(8-4-13)23-9-11-24(12-10-23)19(27)22-15-5-1-14(2-6-15)18(25)26/h3-4,7-8,14-15H,1-2,5-6,9-12H2,(H3,20,21)(H,22,27)(H,25,26)/t14-,15-. The summed E-state index contributed by atoms with van der Waals surface area (Å²) in [5.41, 5.74) is 7.25. The topological polar surface area (TPSA) is 123 Å². The van der Waals surface area contributed by atoms with Crippen LogP contribution in [0.4, 0.5) is 10.5 Å². The summed E-state index contributed by atoms with van der Waals surface area (Å²) in [5, 5.41) is 19.6. The van der Waals surface area contributed by atoms with Crippen molar-refractivity contribution in [3.63, 3.8) is 0 Å². The first-order valence-electron chi connectivity index (χ1n) is 9.41. The van der Waals surface area contributed by atoms with Gasteiger partial charge in [0.15, 0.2) is 0 Å². The molecule has 1 aromatic rings. The molecule has 1 aromatic carbocycles. The zero-order valence-electron chi connectivity index (χ0n) is 15.4. The summed E-state index contributed by atoms with van der Waals surface area (Å²) in [5.74, 6) is -0.941. The van der Waals surface area contributed by atoms with Crippen molar-refractivity contribution < 1.29 is 14.7 Å². The minimum Gasteiger partial charge on any atom is -0.481 e. The maximum absolute atomic E-state index is 12.5. The highest BCUT2D eigenvalue weighted by molar-refractivity contribution is 5.95. The lowest BCUT2D eigenvalue weighted by Crippen LogP contribution is -2.54. The van der Waals surface area contributed by atoms with Crippen molar-refractivity contribution in [3.8, 4) is 0 Å². The Hall–Kier alpha value is -2.77. The number of carbonyl (C=O) groups excluding carboxylic acids is 1. The van der Waals surface area contributed by atoms with Gasteiger partial charge < -0.3 is 26.0 Å². The van der Waals surface area contributed by atoms with Crippen LogP contribution in [-0.4, -0.2) is 60.1 Å². The number of anilines is 1. The van der Waals surface area contributed by atoms with Crippen LogP contribution in [0.25, 0.3) is 0 Å². The van der Waals surface area contributed by atoms with Crippen molar-refractivity contribution in [2.45, 2.75) is 31.7 Å². The number of amidine groups is 1. The van der Waals surface area contributed by atoms with Gasteiger partial charge in [-0.05, 0) is 49.9 Å². The number of benzene rings is 1. The minimum absolute atomic E-state index is 0.0552. The summed E-state index contributed by atoms with van der Waals surface area (Å²) < 4.78 is 0. The first-order valence-corrected chi connectivity index (χ1v) is 9.41. The third-order valence-electron chi connectivity index (χ3n) is 5.51. The van der Waals surface area contributed by atoms with Gasteiger partial charge in [0.25, 0.3) is 0 Å². The fourth-order valence-corrected chi connectivity index (χ4v) is 3.77. The molecule has 27 heavy (non-hydrogen) atoms. The van der Waals surface area contributed by atoms with Crippen LogP contribution in [0.15, 0.2) is 24.3 Å². The Morgan fingerprint density at radius 2 is 1.63 bits per heavy atom. The molecule has 0 atom stereocenters. The van der Waals surface area contributed by atoms with Crippen molar-refractivity contribution in [1.82, 2.24) is 10.2 Å². The van der Waals surface area contributed by atoms with Gasteiger partial charge in [0, 0.05) is 43.5 Å². The molecule has 0 radical (unpaired) electrons. The number of nitrogens with two attached hydrogens (primary N) is 1. The molecule has 1 aliphatic heterocycles. The first-order chi connectivity index (χ1) is 12.9. The molecule has 8 heteroatoms. The number of hydrogen-bond acceptors (Lipinski definition) is 4. The molecule has 8 nitrogen and oxygen atoms in total. The molecule has 0 unspecified atom stereocenters. The van der Waals surface area contributed by atoms with Gasteiger partial charge in [-0.1, -0.05) is 0 Å². The molecule has 1 saturated heterocycles. The Kier molecular flexibility index (Phi) is 5.83. The molecule has 3 rings (SSSR count). The Labute approximate surface area is 158 Å². The second-order valence-corrected chi connectivity index (χ2v) is 7.27. The Morgan fingerprint density at radius 1 is 1.04 bits per heavy atom. The quantitative estimate of drug-likeness (QED) is 0.470. The van der Waals surface area contributed by atoms with Crippen LogP contribution in [0.5, 0.6) is 0 Å². The summed E-state index contributed by atoms with van der Waals surface area (Å²) in [6.45, 7) is 2.78. The molecule has 1 saturated carbocycles. The molecule has 1 heterocycles. The van der Waals surface area contributed by atoms with Gasteiger partial charge in [0.05, 0.1) is 5.92 Å². The maximum atomic E-state index is 12.5. The molecule has 2 aliphatic rings. The summed E-state index contributed by atoms with van der Waals surface area (Å²) in [6, 6.07) is 7.60. The minimum atomic E-state index is -0.729. The Bertz CT molecular complexity index is 690. The second kappa shape index (κ2) is 8.28. The number of urea groups is 1. The fourth-order valence-electron chi connectivity index (χ4n) is 3.77. The van der Waals surface area contributed by atoms with Crippen LogP contribution in [0.1, 0.15) is 31.2 Å². The summed E-state index contributed by atoms with van der Waals surface area (Å²) in [4.78, 5) is 27.5. The number of hydrogen-bond donors (Lipinski definition) is 4. The lowest BCUT2D eigenvalue weighted by Gasteiger charge is -2.37. The molecule has 5 N–H and O–H groups in total. The zero-order valence-corrected chi connectivity index (χ0v) is 15.4. The highest BCUT2D eigenvalue weighted by Gasteiger charge is 2.28. The third-order valence-corrected chi connectivity index (χ3v) is 5.51. The lowest BCUT2D eigenvalue weighted by atomic mass is 9.86. The van der Waals surface area contributed by atoms with Gasteiger partial charge in [-0.2, -0.15) is 0 Å². The van der Waals surface area contributed by atoms with E-state index in [-0.39, 0.29) is 23.8 Å². The van der Waals surface area contributed by atoms with Crippen LogP contribution in [0, 0.1) is 11.3 Å². The number of piperazine rings is 1. The van der Waals surface area contributed by atoms with Crippen molar-refractivity contribution in [2.75, 3.05) is 31.1 Å². The van der Waals surface area contributed by atoms with Crippen molar-refractivity contribution in [1.29, 1.82) is 5.41 Å². The van der Waals surface area contributed by atoms with Crippen LogP contribution < -0.4 is 16.0 Å². The molecular weight excluding hydrogens is 346 g/mol. The first kappa shape index (κ1) is 19.0. The number of amides is 2. The largest absolute Gasteiger partial charge is 0.481 e. The van der Waals surface area contributed by atoms with Gasteiger partial charge in [-0.25, -0.2) is 4.79 Å². The van der Waals surface area contributed by atoms with Crippen LogP contribution in [0.3, 0.4) is 0 Å². The number of carbonyl (C=O) groups is 2. The maximum Gasteiger partial charge on any atom is 0.317 e. The summed E-state index contributed by atoms with van der Waals surface area (Å²) >= 11 is 0. The predicted molar refractivity (Wildman–Crippen MR) is 103 cm³/mol. The van der Waals surface area contributed by atoms with E-state index in [2.05, 4.69) is 10.2 Å².